The van der Waals surface area contributed by atoms with E-state index in [9.17, 15) is 9.59 Å². The van der Waals surface area contributed by atoms with Crippen molar-refractivity contribution >= 4 is 11.6 Å². The molecule has 0 saturated heterocycles. The van der Waals surface area contributed by atoms with E-state index in [0.29, 0.717) is 17.9 Å². The Labute approximate surface area is 82.1 Å². The summed E-state index contributed by atoms with van der Waals surface area (Å²) in [6, 6.07) is 4.82. The molecule has 0 fully saturated rings. The van der Waals surface area contributed by atoms with Crippen molar-refractivity contribution in [2.45, 2.75) is 13.3 Å². The van der Waals surface area contributed by atoms with Gasteiger partial charge in [-0.05, 0) is 18.7 Å². The van der Waals surface area contributed by atoms with E-state index in [1.807, 2.05) is 0 Å². The van der Waals surface area contributed by atoms with Crippen LogP contribution >= 0.6 is 0 Å². The molecule has 0 atom stereocenters. The average molecular weight is 192 g/mol. The van der Waals surface area contributed by atoms with Crippen LogP contribution < -0.4 is 5.73 Å². The number of Topliss-reactive ketones (excluding diaryl/α,β-unsaturated/α-hetero) is 2. The zero-order chi connectivity index (χ0) is 10.6. The van der Waals surface area contributed by atoms with Crippen molar-refractivity contribution in [3.05, 3.63) is 29.6 Å². The van der Waals surface area contributed by atoms with Gasteiger partial charge in [-0.15, -0.1) is 0 Å². The second-order valence-corrected chi connectivity index (χ2v) is 2.93. The molecule has 0 aromatic carbocycles. The Bertz CT molecular complexity index is 361. The maximum Gasteiger partial charge on any atom is 0.182 e. The van der Waals surface area contributed by atoms with Crippen LogP contribution in [0.5, 0.6) is 0 Å². The summed E-state index contributed by atoms with van der Waals surface area (Å²) >= 11 is 0. The highest BCUT2D eigenvalue weighted by atomic mass is 16.1. The van der Waals surface area contributed by atoms with E-state index in [0.717, 1.165) is 0 Å². The molecule has 0 aliphatic heterocycles. The summed E-state index contributed by atoms with van der Waals surface area (Å²) < 4.78 is 0. The lowest BCUT2D eigenvalue weighted by Crippen LogP contribution is -2.11. The molecule has 0 aliphatic carbocycles. The Morgan fingerprint density at radius 2 is 2.00 bits per heavy atom. The largest absolute Gasteiger partial charge is 0.330 e. The van der Waals surface area contributed by atoms with E-state index in [1.54, 1.807) is 18.2 Å². The fourth-order valence-corrected chi connectivity index (χ4v) is 1.05. The third-order valence-corrected chi connectivity index (χ3v) is 1.77. The summed E-state index contributed by atoms with van der Waals surface area (Å²) in [5, 5.41) is 0. The minimum Gasteiger partial charge on any atom is -0.330 e. The Morgan fingerprint density at radius 1 is 1.36 bits per heavy atom. The van der Waals surface area contributed by atoms with E-state index in [1.165, 1.54) is 6.92 Å². The summed E-state index contributed by atoms with van der Waals surface area (Å²) in [5.74, 6) is -0.275. The Kier molecular flexibility index (Phi) is 3.48. The predicted molar refractivity (Wildman–Crippen MR) is 52.2 cm³/mol. The van der Waals surface area contributed by atoms with Crippen LogP contribution in [0.3, 0.4) is 0 Å². The molecule has 1 rings (SSSR count). The highest BCUT2D eigenvalue weighted by molar-refractivity contribution is 5.97. The van der Waals surface area contributed by atoms with Crippen LogP contribution in [-0.4, -0.2) is 23.1 Å². The number of nitrogens with two attached hydrogens (primary N) is 1. The van der Waals surface area contributed by atoms with Gasteiger partial charge in [0, 0.05) is 13.3 Å². The van der Waals surface area contributed by atoms with Gasteiger partial charge in [-0.2, -0.15) is 0 Å². The van der Waals surface area contributed by atoms with Crippen LogP contribution in [0.2, 0.25) is 0 Å². The fourth-order valence-electron chi connectivity index (χ4n) is 1.05. The molecule has 0 radical (unpaired) electrons. The standard InChI is InChI=1S/C10H12N2O2/c1-7(13)8-3-2-4-9(12-8)10(14)5-6-11/h2-4H,5-6,11H2,1H3. The van der Waals surface area contributed by atoms with Crippen molar-refractivity contribution in [3.8, 4) is 0 Å². The molecule has 0 amide bonds. The van der Waals surface area contributed by atoms with E-state index in [2.05, 4.69) is 4.98 Å². The van der Waals surface area contributed by atoms with Crippen molar-refractivity contribution in [1.29, 1.82) is 0 Å². The highest BCUT2D eigenvalue weighted by Crippen LogP contribution is 2.02. The van der Waals surface area contributed by atoms with Crippen LogP contribution in [0.25, 0.3) is 0 Å². The lowest BCUT2D eigenvalue weighted by atomic mass is 10.1. The minimum atomic E-state index is -0.146. The van der Waals surface area contributed by atoms with Crippen molar-refractivity contribution in [3.63, 3.8) is 0 Å². The molecule has 2 N–H and O–H groups in total. The molecule has 0 spiro atoms. The first kappa shape index (κ1) is 10.5. The molecule has 1 aromatic heterocycles. The average Bonchev–Trinajstić information content (AvgIpc) is 2.18. The normalized spacial score (nSPS) is 9.86. The number of pyridine rings is 1. The number of carbonyl (C=O) groups excluding carboxylic acids is 2. The van der Waals surface area contributed by atoms with E-state index in [-0.39, 0.29) is 18.0 Å². The van der Waals surface area contributed by atoms with E-state index < -0.39 is 0 Å². The van der Waals surface area contributed by atoms with Crippen molar-refractivity contribution in [2.75, 3.05) is 6.54 Å². The van der Waals surface area contributed by atoms with Gasteiger partial charge < -0.3 is 5.73 Å². The first-order chi connectivity index (χ1) is 6.65. The molecule has 74 valence electrons. The van der Waals surface area contributed by atoms with Crippen molar-refractivity contribution in [2.24, 2.45) is 5.73 Å². The summed E-state index contributed by atoms with van der Waals surface area (Å²) in [4.78, 5) is 26.3. The SMILES string of the molecule is CC(=O)c1cccc(C(=O)CCN)n1. The maximum absolute atomic E-state index is 11.4. The molecule has 4 nitrogen and oxygen atoms in total. The van der Waals surface area contributed by atoms with Crippen LogP contribution in [0.1, 0.15) is 34.3 Å². The number of nitrogens with zero attached hydrogens (tertiary/aromatic N) is 1. The van der Waals surface area contributed by atoms with Gasteiger partial charge in [-0.1, -0.05) is 6.07 Å². The zero-order valence-electron chi connectivity index (χ0n) is 7.99. The molecule has 0 saturated carbocycles. The Balaban J connectivity index is 2.93. The Hall–Kier alpha value is -1.55. The van der Waals surface area contributed by atoms with Gasteiger partial charge in [0.15, 0.2) is 11.6 Å². The third-order valence-electron chi connectivity index (χ3n) is 1.77. The van der Waals surface area contributed by atoms with E-state index >= 15 is 0 Å². The zero-order valence-corrected chi connectivity index (χ0v) is 7.99. The number of rotatable bonds is 4. The van der Waals surface area contributed by atoms with Crippen molar-refractivity contribution < 1.29 is 9.59 Å². The molecule has 0 aliphatic rings. The van der Waals surface area contributed by atoms with Crippen LogP contribution in [0.15, 0.2) is 18.2 Å². The van der Waals surface area contributed by atoms with Gasteiger partial charge >= 0.3 is 0 Å². The molecular formula is C10H12N2O2. The summed E-state index contributed by atoms with van der Waals surface area (Å²) in [7, 11) is 0. The van der Waals surface area contributed by atoms with Gasteiger partial charge in [0.25, 0.3) is 0 Å². The number of hydrogen-bond acceptors (Lipinski definition) is 4. The lowest BCUT2D eigenvalue weighted by molar-refractivity contribution is 0.0980. The number of ketones is 2. The van der Waals surface area contributed by atoms with Gasteiger partial charge in [0.1, 0.15) is 11.4 Å². The maximum atomic E-state index is 11.4. The Morgan fingerprint density at radius 3 is 2.57 bits per heavy atom. The quantitative estimate of drug-likeness (QED) is 0.716. The van der Waals surface area contributed by atoms with E-state index in [4.69, 9.17) is 5.73 Å². The first-order valence-corrected chi connectivity index (χ1v) is 4.36. The molecule has 0 unspecified atom stereocenters. The molecule has 1 heterocycles. The molecular weight excluding hydrogens is 180 g/mol. The monoisotopic (exact) mass is 192 g/mol. The smallest absolute Gasteiger partial charge is 0.182 e. The van der Waals surface area contributed by atoms with Gasteiger partial charge in [0.2, 0.25) is 0 Å². The molecule has 4 heteroatoms. The number of carbonyl (C=O) groups is 2. The lowest BCUT2D eigenvalue weighted by Gasteiger charge is -1.99. The summed E-state index contributed by atoms with van der Waals surface area (Å²) in [6.07, 6.45) is 0.258. The first-order valence-electron chi connectivity index (χ1n) is 4.36. The fraction of sp³-hybridized carbons (Fsp3) is 0.300. The van der Waals surface area contributed by atoms with Gasteiger partial charge in [0.05, 0.1) is 0 Å². The second kappa shape index (κ2) is 4.62. The molecule has 1 aromatic rings. The third kappa shape index (κ3) is 2.47. The second-order valence-electron chi connectivity index (χ2n) is 2.93. The summed E-state index contributed by atoms with van der Waals surface area (Å²) in [5.41, 5.74) is 5.87. The topological polar surface area (TPSA) is 73.0 Å². The predicted octanol–water partition coefficient (Wildman–Crippen LogP) is 0.816. The summed E-state index contributed by atoms with van der Waals surface area (Å²) in [6.45, 7) is 1.71. The number of aromatic nitrogens is 1. The van der Waals surface area contributed by atoms with Crippen LogP contribution in [0.4, 0.5) is 0 Å². The minimum absolute atomic E-state index is 0.129. The number of hydrogen-bond donors (Lipinski definition) is 1. The van der Waals surface area contributed by atoms with Crippen LogP contribution in [0, 0.1) is 0 Å². The van der Waals surface area contributed by atoms with Crippen LogP contribution in [-0.2, 0) is 0 Å². The van der Waals surface area contributed by atoms with Gasteiger partial charge in [-0.3, -0.25) is 9.59 Å². The van der Waals surface area contributed by atoms with Gasteiger partial charge in [-0.25, -0.2) is 4.98 Å². The molecule has 0 bridgehead atoms. The van der Waals surface area contributed by atoms with Crippen molar-refractivity contribution in [1.82, 2.24) is 4.98 Å². The molecule has 14 heavy (non-hydrogen) atoms. The highest BCUT2D eigenvalue weighted by Gasteiger charge is 2.08.